The number of fused-ring (bicyclic) bond motifs is 1. The van der Waals surface area contributed by atoms with Crippen molar-refractivity contribution in [1.82, 2.24) is 10.6 Å². The lowest BCUT2D eigenvalue weighted by atomic mass is 9.94. The van der Waals surface area contributed by atoms with Crippen LogP contribution in [0.5, 0.6) is 0 Å². The molecular weight excluding hydrogens is 236 g/mol. The van der Waals surface area contributed by atoms with Crippen LogP contribution in [0.15, 0.2) is 18.2 Å². The molecule has 0 radical (unpaired) electrons. The molecule has 1 aromatic carbocycles. The molecule has 1 aromatic rings. The Bertz CT molecular complexity index is 464. The first-order valence-corrected chi connectivity index (χ1v) is 7.46. The Hall–Kier alpha value is -1.35. The first kappa shape index (κ1) is 12.7. The molecule has 3 heteroatoms. The third-order valence-electron chi connectivity index (χ3n) is 4.30. The Kier molecular flexibility index (Phi) is 3.83. The lowest BCUT2D eigenvalue weighted by Crippen LogP contribution is -2.36. The molecular formula is C16H22N2O. The standard InChI is InChI=1S/C16H22N2O/c19-16(18-15-4-2-1-3-5-15)13-7-6-12-8-9-17-11-14(12)10-13/h6-7,10,15,17H,1-5,8-9,11H2,(H,18,19). The summed E-state index contributed by atoms with van der Waals surface area (Å²) in [6, 6.07) is 6.53. The fraction of sp³-hybridized carbons (Fsp3) is 0.562. The molecule has 0 aromatic heterocycles. The third-order valence-corrected chi connectivity index (χ3v) is 4.30. The van der Waals surface area contributed by atoms with Gasteiger partial charge in [-0.1, -0.05) is 25.3 Å². The van der Waals surface area contributed by atoms with Gasteiger partial charge in [-0.15, -0.1) is 0 Å². The molecule has 1 saturated carbocycles. The van der Waals surface area contributed by atoms with Crippen molar-refractivity contribution in [1.29, 1.82) is 0 Å². The molecule has 0 atom stereocenters. The van der Waals surface area contributed by atoms with E-state index in [4.69, 9.17) is 0 Å². The highest BCUT2D eigenvalue weighted by Crippen LogP contribution is 2.19. The summed E-state index contributed by atoms with van der Waals surface area (Å²) in [5, 5.41) is 6.54. The molecule has 2 N–H and O–H groups in total. The summed E-state index contributed by atoms with van der Waals surface area (Å²) in [4.78, 5) is 12.3. The van der Waals surface area contributed by atoms with E-state index in [-0.39, 0.29) is 5.91 Å². The molecule has 102 valence electrons. The zero-order valence-corrected chi connectivity index (χ0v) is 11.4. The van der Waals surface area contributed by atoms with Crippen molar-refractivity contribution in [3.05, 3.63) is 34.9 Å². The number of rotatable bonds is 2. The van der Waals surface area contributed by atoms with Gasteiger partial charge in [-0.25, -0.2) is 0 Å². The third kappa shape index (κ3) is 2.98. The number of carbonyl (C=O) groups excluding carboxylic acids is 1. The van der Waals surface area contributed by atoms with Crippen molar-refractivity contribution in [2.75, 3.05) is 6.54 Å². The van der Waals surface area contributed by atoms with Crippen LogP contribution in [-0.2, 0) is 13.0 Å². The fourth-order valence-electron chi connectivity index (χ4n) is 3.14. The second kappa shape index (κ2) is 5.74. The van der Waals surface area contributed by atoms with Crippen molar-refractivity contribution in [2.45, 2.75) is 51.1 Å². The average Bonchev–Trinajstić information content (AvgIpc) is 2.48. The van der Waals surface area contributed by atoms with Gasteiger partial charge in [0.05, 0.1) is 0 Å². The topological polar surface area (TPSA) is 41.1 Å². The van der Waals surface area contributed by atoms with Gasteiger partial charge in [0.25, 0.3) is 5.91 Å². The zero-order valence-electron chi connectivity index (χ0n) is 11.4. The van der Waals surface area contributed by atoms with E-state index in [0.717, 1.165) is 37.9 Å². The predicted molar refractivity (Wildman–Crippen MR) is 76.2 cm³/mol. The van der Waals surface area contributed by atoms with Crippen LogP contribution in [0.1, 0.15) is 53.6 Å². The highest BCUT2D eigenvalue weighted by Gasteiger charge is 2.17. The number of amides is 1. The summed E-state index contributed by atoms with van der Waals surface area (Å²) in [5.74, 6) is 0.0975. The maximum Gasteiger partial charge on any atom is 0.251 e. The van der Waals surface area contributed by atoms with Crippen LogP contribution in [0.4, 0.5) is 0 Å². The first-order chi connectivity index (χ1) is 9.33. The normalized spacial score (nSPS) is 19.8. The van der Waals surface area contributed by atoms with Gasteiger partial charge in [0.15, 0.2) is 0 Å². The maximum absolute atomic E-state index is 12.3. The summed E-state index contributed by atoms with van der Waals surface area (Å²) < 4.78 is 0. The summed E-state index contributed by atoms with van der Waals surface area (Å²) in [5.41, 5.74) is 3.48. The van der Waals surface area contributed by atoms with E-state index < -0.39 is 0 Å². The van der Waals surface area contributed by atoms with Crippen molar-refractivity contribution in [2.24, 2.45) is 0 Å². The Balaban J connectivity index is 1.69. The smallest absolute Gasteiger partial charge is 0.251 e. The molecule has 0 unspecified atom stereocenters. The molecule has 2 aliphatic rings. The Morgan fingerprint density at radius 2 is 2.00 bits per heavy atom. The summed E-state index contributed by atoms with van der Waals surface area (Å²) in [7, 11) is 0. The quantitative estimate of drug-likeness (QED) is 0.855. The van der Waals surface area contributed by atoms with Crippen LogP contribution in [0.3, 0.4) is 0 Å². The van der Waals surface area contributed by atoms with Crippen molar-refractivity contribution in [3.8, 4) is 0 Å². The van der Waals surface area contributed by atoms with Crippen LogP contribution in [0.2, 0.25) is 0 Å². The van der Waals surface area contributed by atoms with Gasteiger partial charge < -0.3 is 10.6 Å². The lowest BCUT2D eigenvalue weighted by molar-refractivity contribution is 0.0927. The van der Waals surface area contributed by atoms with E-state index in [2.05, 4.69) is 22.8 Å². The molecule has 1 amide bonds. The van der Waals surface area contributed by atoms with E-state index >= 15 is 0 Å². The Morgan fingerprint density at radius 3 is 2.84 bits per heavy atom. The van der Waals surface area contributed by atoms with Crippen LogP contribution in [0, 0.1) is 0 Å². The van der Waals surface area contributed by atoms with Gasteiger partial charge in [-0.3, -0.25) is 4.79 Å². The molecule has 1 aliphatic heterocycles. The Labute approximate surface area is 114 Å². The van der Waals surface area contributed by atoms with Crippen molar-refractivity contribution < 1.29 is 4.79 Å². The van der Waals surface area contributed by atoms with Crippen molar-refractivity contribution >= 4 is 5.91 Å². The minimum atomic E-state index is 0.0975. The zero-order chi connectivity index (χ0) is 13.1. The maximum atomic E-state index is 12.3. The van der Waals surface area contributed by atoms with Crippen LogP contribution in [-0.4, -0.2) is 18.5 Å². The molecule has 3 rings (SSSR count). The fourth-order valence-corrected chi connectivity index (χ4v) is 3.14. The van der Waals surface area contributed by atoms with E-state index in [1.165, 1.54) is 30.4 Å². The number of hydrogen-bond donors (Lipinski definition) is 2. The SMILES string of the molecule is O=C(NC1CCCCC1)c1ccc2c(c1)CNCC2. The molecule has 19 heavy (non-hydrogen) atoms. The summed E-state index contributed by atoms with van der Waals surface area (Å²) in [6.45, 7) is 1.93. The van der Waals surface area contributed by atoms with E-state index in [9.17, 15) is 4.79 Å². The van der Waals surface area contributed by atoms with Crippen LogP contribution < -0.4 is 10.6 Å². The number of hydrogen-bond acceptors (Lipinski definition) is 2. The van der Waals surface area contributed by atoms with Gasteiger partial charge in [-0.05, 0) is 49.1 Å². The Morgan fingerprint density at radius 1 is 1.16 bits per heavy atom. The van der Waals surface area contributed by atoms with Gasteiger partial charge in [0, 0.05) is 18.2 Å². The average molecular weight is 258 g/mol. The number of nitrogens with one attached hydrogen (secondary N) is 2. The lowest BCUT2D eigenvalue weighted by Gasteiger charge is -2.23. The highest BCUT2D eigenvalue weighted by molar-refractivity contribution is 5.94. The van der Waals surface area contributed by atoms with E-state index in [1.807, 2.05) is 6.07 Å². The van der Waals surface area contributed by atoms with Crippen molar-refractivity contribution in [3.63, 3.8) is 0 Å². The van der Waals surface area contributed by atoms with Crippen LogP contribution >= 0.6 is 0 Å². The second-order valence-corrected chi connectivity index (χ2v) is 5.72. The molecule has 3 nitrogen and oxygen atoms in total. The van der Waals surface area contributed by atoms with Gasteiger partial charge in [0.2, 0.25) is 0 Å². The molecule has 0 spiro atoms. The van der Waals surface area contributed by atoms with E-state index in [0.29, 0.717) is 6.04 Å². The van der Waals surface area contributed by atoms with E-state index in [1.54, 1.807) is 0 Å². The number of carbonyl (C=O) groups is 1. The molecule has 1 heterocycles. The molecule has 0 saturated heterocycles. The summed E-state index contributed by atoms with van der Waals surface area (Å²) >= 11 is 0. The predicted octanol–water partition coefficient (Wildman–Crippen LogP) is 2.39. The van der Waals surface area contributed by atoms with Gasteiger partial charge >= 0.3 is 0 Å². The highest BCUT2D eigenvalue weighted by atomic mass is 16.1. The second-order valence-electron chi connectivity index (χ2n) is 5.72. The van der Waals surface area contributed by atoms with Gasteiger partial charge in [0.1, 0.15) is 0 Å². The minimum absolute atomic E-state index is 0.0975. The molecule has 0 bridgehead atoms. The first-order valence-electron chi connectivity index (χ1n) is 7.46. The monoisotopic (exact) mass is 258 g/mol. The van der Waals surface area contributed by atoms with Crippen LogP contribution in [0.25, 0.3) is 0 Å². The minimum Gasteiger partial charge on any atom is -0.349 e. The van der Waals surface area contributed by atoms with Gasteiger partial charge in [-0.2, -0.15) is 0 Å². The number of benzene rings is 1. The molecule has 1 aliphatic carbocycles. The molecule has 1 fully saturated rings. The summed E-state index contributed by atoms with van der Waals surface area (Å²) in [6.07, 6.45) is 7.16. The largest absolute Gasteiger partial charge is 0.349 e.